The van der Waals surface area contributed by atoms with Gasteiger partial charge in [-0.15, -0.1) is 0 Å². The van der Waals surface area contributed by atoms with Crippen LogP contribution in [0, 0.1) is 0 Å². The molecule has 0 saturated carbocycles. The van der Waals surface area contributed by atoms with Crippen molar-refractivity contribution in [3.8, 4) is 0 Å². The van der Waals surface area contributed by atoms with Crippen LogP contribution in [0.5, 0.6) is 0 Å². The Morgan fingerprint density at radius 3 is 3.00 bits per heavy atom. The Balaban J connectivity index is 2.76. The lowest BCUT2D eigenvalue weighted by Gasteiger charge is -1.96. The molecule has 2 heteroatoms. The van der Waals surface area contributed by atoms with Gasteiger partial charge in [0.15, 0.2) is 0 Å². The number of rotatable bonds is 2. The molecule has 1 unspecified atom stereocenters. The molecule has 0 aromatic carbocycles. The second-order valence-electron chi connectivity index (χ2n) is 1.94. The van der Waals surface area contributed by atoms with Crippen molar-refractivity contribution in [2.75, 3.05) is 0 Å². The summed E-state index contributed by atoms with van der Waals surface area (Å²) in [7, 11) is 0. The average Bonchev–Trinajstić information content (AvgIpc) is 2.37. The summed E-state index contributed by atoms with van der Waals surface area (Å²) in [6, 6.07) is 3.79. The van der Waals surface area contributed by atoms with E-state index < -0.39 is 0 Å². The lowest BCUT2D eigenvalue weighted by molar-refractivity contribution is 0.508. The Morgan fingerprint density at radius 2 is 2.56 bits per heavy atom. The molecule has 1 heterocycles. The maximum atomic E-state index is 5.09. The monoisotopic (exact) mass is 140 g/mol. The lowest BCUT2D eigenvalue weighted by atomic mass is 10.2. The zero-order chi connectivity index (χ0) is 6.69. The van der Waals surface area contributed by atoms with E-state index in [4.69, 9.17) is 16.6 Å². The summed E-state index contributed by atoms with van der Waals surface area (Å²) in [5.74, 6) is 1.19. The van der Waals surface area contributed by atoms with Crippen molar-refractivity contribution in [1.29, 1.82) is 0 Å². The fourth-order valence-corrected chi connectivity index (χ4v) is 0.752. The van der Waals surface area contributed by atoms with E-state index >= 15 is 0 Å². The number of furan rings is 1. The van der Waals surface area contributed by atoms with Crippen LogP contribution in [0.15, 0.2) is 22.8 Å². The molecule has 0 radical (unpaired) electrons. The zero-order valence-corrected chi connectivity index (χ0v) is 6.02. The third kappa shape index (κ3) is 1.39. The molecule has 9 heavy (non-hydrogen) atoms. The van der Waals surface area contributed by atoms with Crippen LogP contribution in [-0.4, -0.2) is 5.37 Å². The van der Waals surface area contributed by atoms with E-state index in [1.165, 1.54) is 0 Å². The van der Waals surface area contributed by atoms with E-state index in [1.807, 2.05) is 19.1 Å². The first-order valence-corrected chi connectivity index (χ1v) is 3.30. The zero-order valence-electron chi connectivity index (χ0n) is 5.20. The maximum absolute atomic E-state index is 5.09. The summed E-state index contributed by atoms with van der Waals surface area (Å²) < 4.78 is 5.09. The van der Waals surface area contributed by atoms with Gasteiger partial charge in [0.2, 0.25) is 0 Å². The van der Waals surface area contributed by atoms with Gasteiger partial charge in [-0.25, -0.2) is 0 Å². The highest BCUT2D eigenvalue weighted by atomic mass is 32.1. The van der Waals surface area contributed by atoms with Crippen molar-refractivity contribution < 1.29 is 4.42 Å². The van der Waals surface area contributed by atoms with Crippen LogP contribution in [0.4, 0.5) is 0 Å². The Morgan fingerprint density at radius 1 is 1.78 bits per heavy atom. The van der Waals surface area contributed by atoms with E-state index in [1.54, 1.807) is 11.6 Å². The average molecular weight is 140 g/mol. The molecule has 0 N–H and O–H groups in total. The van der Waals surface area contributed by atoms with Crippen LogP contribution in [0.2, 0.25) is 0 Å². The van der Waals surface area contributed by atoms with Crippen LogP contribution < -0.4 is 0 Å². The summed E-state index contributed by atoms with van der Waals surface area (Å²) in [5, 5.41) is 1.69. The van der Waals surface area contributed by atoms with Crippen LogP contribution >= 0.6 is 12.2 Å². The molecule has 48 valence electrons. The third-order valence-corrected chi connectivity index (χ3v) is 1.60. The first-order valence-electron chi connectivity index (χ1n) is 2.83. The van der Waals surface area contributed by atoms with Crippen molar-refractivity contribution in [3.63, 3.8) is 0 Å². The number of hydrogen-bond acceptors (Lipinski definition) is 2. The second kappa shape index (κ2) is 2.78. The second-order valence-corrected chi connectivity index (χ2v) is 2.21. The van der Waals surface area contributed by atoms with Crippen molar-refractivity contribution in [1.82, 2.24) is 0 Å². The molecular weight excluding hydrogens is 132 g/mol. The van der Waals surface area contributed by atoms with Gasteiger partial charge < -0.3 is 4.42 Å². The highest BCUT2D eigenvalue weighted by Crippen LogP contribution is 2.12. The molecule has 0 amide bonds. The van der Waals surface area contributed by atoms with Gasteiger partial charge in [0, 0.05) is 5.92 Å². The smallest absolute Gasteiger partial charge is 0.111 e. The highest BCUT2D eigenvalue weighted by Gasteiger charge is 2.01. The maximum Gasteiger partial charge on any atom is 0.111 e. The topological polar surface area (TPSA) is 13.1 Å². The summed E-state index contributed by atoms with van der Waals surface area (Å²) in [5.41, 5.74) is 0. The summed E-state index contributed by atoms with van der Waals surface area (Å²) in [6.45, 7) is 2.01. The van der Waals surface area contributed by atoms with Crippen molar-refractivity contribution >= 4 is 17.6 Å². The Kier molecular flexibility index (Phi) is 2.01. The molecule has 0 spiro atoms. The van der Waals surface area contributed by atoms with Crippen molar-refractivity contribution in [2.45, 2.75) is 12.8 Å². The molecule has 1 rings (SSSR count). The van der Waals surface area contributed by atoms with Gasteiger partial charge in [-0.05, 0) is 17.5 Å². The fraction of sp³-hybridized carbons (Fsp3) is 0.286. The predicted octanol–water partition coefficient (Wildman–Crippen LogP) is 2.38. The van der Waals surface area contributed by atoms with Gasteiger partial charge >= 0.3 is 0 Å². The van der Waals surface area contributed by atoms with Crippen molar-refractivity contribution in [2.24, 2.45) is 0 Å². The van der Waals surface area contributed by atoms with E-state index in [-0.39, 0.29) is 5.92 Å². The van der Waals surface area contributed by atoms with Crippen LogP contribution in [-0.2, 0) is 0 Å². The predicted molar refractivity (Wildman–Crippen MR) is 40.8 cm³/mol. The van der Waals surface area contributed by atoms with Crippen molar-refractivity contribution in [3.05, 3.63) is 24.2 Å². The molecule has 1 aromatic heterocycles. The number of hydrogen-bond donors (Lipinski definition) is 0. The van der Waals surface area contributed by atoms with Crippen LogP contribution in [0.1, 0.15) is 18.6 Å². The largest absolute Gasteiger partial charge is 0.469 e. The molecule has 1 aromatic rings. The summed E-state index contributed by atoms with van der Waals surface area (Å²) >= 11 is 4.74. The standard InChI is InChI=1S/C7H8OS/c1-6(5-9)7-3-2-4-8-7/h2-6H,1H3. The molecule has 0 aliphatic carbocycles. The van der Waals surface area contributed by atoms with Gasteiger partial charge in [0.1, 0.15) is 5.76 Å². The minimum atomic E-state index is 0.259. The molecule has 0 bridgehead atoms. The highest BCUT2D eigenvalue weighted by molar-refractivity contribution is 7.79. The first kappa shape index (κ1) is 6.49. The Labute approximate surface area is 59.7 Å². The molecule has 1 nitrogen and oxygen atoms in total. The molecule has 0 aliphatic rings. The SMILES string of the molecule is CC(C=S)c1ccco1. The first-order chi connectivity index (χ1) is 4.34. The quantitative estimate of drug-likeness (QED) is 0.585. The van der Waals surface area contributed by atoms with Crippen LogP contribution in [0.25, 0.3) is 0 Å². The lowest BCUT2D eigenvalue weighted by Crippen LogP contribution is -1.88. The van der Waals surface area contributed by atoms with Gasteiger partial charge in [-0.2, -0.15) is 0 Å². The van der Waals surface area contributed by atoms with Crippen LogP contribution in [0.3, 0.4) is 0 Å². The Bertz CT molecular complexity index is 179. The Hall–Kier alpha value is -0.630. The fourth-order valence-electron chi connectivity index (χ4n) is 0.617. The van der Waals surface area contributed by atoms with Gasteiger partial charge in [-0.3, -0.25) is 0 Å². The number of thiocarbonyl (C=S) groups is 1. The van der Waals surface area contributed by atoms with E-state index in [0.717, 1.165) is 5.76 Å². The summed E-state index contributed by atoms with van der Waals surface area (Å²) in [6.07, 6.45) is 1.66. The minimum Gasteiger partial charge on any atom is -0.469 e. The third-order valence-electron chi connectivity index (χ3n) is 1.20. The normalized spacial score (nSPS) is 13.0. The van der Waals surface area contributed by atoms with Gasteiger partial charge in [0.05, 0.1) is 6.26 Å². The molecular formula is C7H8OS. The van der Waals surface area contributed by atoms with Gasteiger partial charge in [-0.1, -0.05) is 19.1 Å². The molecule has 1 atom stereocenters. The van der Waals surface area contributed by atoms with E-state index in [0.29, 0.717) is 0 Å². The molecule has 0 saturated heterocycles. The van der Waals surface area contributed by atoms with E-state index in [2.05, 4.69) is 0 Å². The summed E-state index contributed by atoms with van der Waals surface area (Å²) in [4.78, 5) is 0. The van der Waals surface area contributed by atoms with Gasteiger partial charge in [0.25, 0.3) is 0 Å². The minimum absolute atomic E-state index is 0.259. The molecule has 0 aliphatic heterocycles. The molecule has 0 fully saturated rings. The van der Waals surface area contributed by atoms with E-state index in [9.17, 15) is 0 Å².